The summed E-state index contributed by atoms with van der Waals surface area (Å²) in [4.78, 5) is 12.3. The first kappa shape index (κ1) is 14.9. The van der Waals surface area contributed by atoms with Gasteiger partial charge in [-0.15, -0.1) is 11.3 Å². The van der Waals surface area contributed by atoms with Crippen LogP contribution in [0.1, 0.15) is 27.7 Å². The summed E-state index contributed by atoms with van der Waals surface area (Å²) in [6.45, 7) is 2.93. The molecule has 0 bridgehead atoms. The zero-order valence-electron chi connectivity index (χ0n) is 11.6. The van der Waals surface area contributed by atoms with Crippen LogP contribution in [0.25, 0.3) is 0 Å². The number of rotatable bonds is 5. The Hall–Kier alpha value is -2.52. The van der Waals surface area contributed by atoms with Gasteiger partial charge in [-0.1, -0.05) is 30.3 Å². The first-order valence-corrected chi connectivity index (χ1v) is 7.37. The van der Waals surface area contributed by atoms with Crippen molar-refractivity contribution in [1.82, 2.24) is 5.32 Å². The average Bonchev–Trinajstić information content (AvgIpc) is 2.82. The van der Waals surface area contributed by atoms with Gasteiger partial charge in [-0.05, 0) is 12.5 Å². The molecule has 6 heteroatoms. The van der Waals surface area contributed by atoms with E-state index in [2.05, 4.69) is 16.7 Å². The fourth-order valence-electron chi connectivity index (χ4n) is 1.87. The van der Waals surface area contributed by atoms with E-state index in [1.54, 1.807) is 0 Å². The Balaban J connectivity index is 2.21. The Morgan fingerprint density at radius 3 is 2.71 bits per heavy atom. The van der Waals surface area contributed by atoms with Gasteiger partial charge in [0, 0.05) is 13.1 Å². The van der Waals surface area contributed by atoms with Crippen molar-refractivity contribution >= 4 is 27.9 Å². The summed E-state index contributed by atoms with van der Waals surface area (Å²) in [5, 5.41) is 15.7. The summed E-state index contributed by atoms with van der Waals surface area (Å²) in [6, 6.07) is 11.9. The molecule has 2 rings (SSSR count). The van der Waals surface area contributed by atoms with Gasteiger partial charge >= 0.3 is 0 Å². The molecule has 1 aromatic carbocycles. The maximum absolute atomic E-state index is 11.9. The number of nitrogens with one attached hydrogen (secondary N) is 2. The summed E-state index contributed by atoms with van der Waals surface area (Å²) < 4.78 is 0. The molecule has 0 saturated carbocycles. The fraction of sp³-hybridized carbons (Fsp3) is 0.200. The van der Waals surface area contributed by atoms with Crippen molar-refractivity contribution in [3.8, 4) is 6.07 Å². The number of anilines is 2. The Bertz CT molecular complexity index is 673. The first-order chi connectivity index (χ1) is 10.2. The van der Waals surface area contributed by atoms with Gasteiger partial charge in [0.25, 0.3) is 5.91 Å². The minimum atomic E-state index is -0.246. The number of nitrogen functional groups attached to an aromatic ring is 1. The van der Waals surface area contributed by atoms with E-state index in [0.29, 0.717) is 28.5 Å². The van der Waals surface area contributed by atoms with Crippen LogP contribution in [0.3, 0.4) is 0 Å². The summed E-state index contributed by atoms with van der Waals surface area (Å²) in [5.74, 6) is -0.246. The molecule has 1 heterocycles. The molecular weight excluding hydrogens is 284 g/mol. The predicted octanol–water partition coefficient (Wildman–Crippen LogP) is 2.56. The molecule has 0 aliphatic rings. The summed E-state index contributed by atoms with van der Waals surface area (Å²) in [6.07, 6.45) is 0. The topological polar surface area (TPSA) is 90.9 Å². The van der Waals surface area contributed by atoms with Gasteiger partial charge in [-0.2, -0.15) is 5.26 Å². The maximum Gasteiger partial charge on any atom is 0.263 e. The number of nitrogens with two attached hydrogens (primary N) is 1. The van der Waals surface area contributed by atoms with Crippen molar-refractivity contribution in [3.05, 3.63) is 46.3 Å². The van der Waals surface area contributed by atoms with E-state index in [4.69, 9.17) is 5.73 Å². The average molecular weight is 300 g/mol. The van der Waals surface area contributed by atoms with Crippen LogP contribution in [0.5, 0.6) is 0 Å². The highest BCUT2D eigenvalue weighted by Gasteiger charge is 2.20. The molecule has 4 N–H and O–H groups in total. The Morgan fingerprint density at radius 2 is 2.10 bits per heavy atom. The number of nitrogens with zero attached hydrogens (tertiary/aromatic N) is 1. The van der Waals surface area contributed by atoms with Gasteiger partial charge in [0.05, 0.1) is 5.69 Å². The Labute approximate surface area is 127 Å². The number of hydrogen-bond acceptors (Lipinski definition) is 5. The van der Waals surface area contributed by atoms with Crippen LogP contribution in [-0.2, 0) is 6.54 Å². The minimum absolute atomic E-state index is 0.240. The zero-order valence-corrected chi connectivity index (χ0v) is 12.5. The summed E-state index contributed by atoms with van der Waals surface area (Å²) >= 11 is 1.21. The van der Waals surface area contributed by atoms with Crippen LogP contribution in [0.4, 0.5) is 10.7 Å². The van der Waals surface area contributed by atoms with Crippen LogP contribution in [0, 0.1) is 11.3 Å². The number of carbonyl (C=O) groups is 1. The lowest BCUT2D eigenvalue weighted by Crippen LogP contribution is -2.22. The lowest BCUT2D eigenvalue weighted by molar-refractivity contribution is 0.0960. The number of carbonyl (C=O) groups excluding carboxylic acids is 1. The molecule has 0 unspecified atom stereocenters. The van der Waals surface area contributed by atoms with E-state index in [-0.39, 0.29) is 11.6 Å². The van der Waals surface area contributed by atoms with Gasteiger partial charge in [-0.25, -0.2) is 0 Å². The van der Waals surface area contributed by atoms with Crippen LogP contribution < -0.4 is 16.4 Å². The second-order valence-electron chi connectivity index (χ2n) is 4.36. The van der Waals surface area contributed by atoms with Gasteiger partial charge in [0.15, 0.2) is 0 Å². The Kier molecular flexibility index (Phi) is 4.80. The van der Waals surface area contributed by atoms with Crippen molar-refractivity contribution in [2.45, 2.75) is 13.5 Å². The molecule has 0 aliphatic heterocycles. The zero-order chi connectivity index (χ0) is 15.2. The third-order valence-corrected chi connectivity index (χ3v) is 4.06. The minimum Gasteiger partial charge on any atom is -0.396 e. The summed E-state index contributed by atoms with van der Waals surface area (Å²) in [7, 11) is 0. The normalized spacial score (nSPS) is 9.90. The van der Waals surface area contributed by atoms with E-state index in [1.165, 1.54) is 11.3 Å². The molecular formula is C15H16N4OS. The Morgan fingerprint density at radius 1 is 1.38 bits per heavy atom. The standard InChI is InChI=1S/C15H16N4OS/c1-2-18-14(20)13-12(17)11(8-16)15(21-13)19-9-10-6-4-3-5-7-10/h3-7,19H,2,9,17H2,1H3,(H,18,20). The highest BCUT2D eigenvalue weighted by molar-refractivity contribution is 7.18. The van der Waals surface area contributed by atoms with E-state index >= 15 is 0 Å². The van der Waals surface area contributed by atoms with Crippen molar-refractivity contribution in [2.24, 2.45) is 0 Å². The monoisotopic (exact) mass is 300 g/mol. The number of thiophene rings is 1. The van der Waals surface area contributed by atoms with E-state index in [9.17, 15) is 10.1 Å². The summed E-state index contributed by atoms with van der Waals surface area (Å²) in [5.41, 5.74) is 7.56. The SMILES string of the molecule is CCNC(=O)c1sc(NCc2ccccc2)c(C#N)c1N. The predicted molar refractivity (Wildman–Crippen MR) is 85.2 cm³/mol. The molecule has 2 aromatic rings. The lowest BCUT2D eigenvalue weighted by Gasteiger charge is -2.04. The quantitative estimate of drug-likeness (QED) is 0.791. The van der Waals surface area contributed by atoms with E-state index in [0.717, 1.165) is 5.56 Å². The molecule has 0 aliphatic carbocycles. The van der Waals surface area contributed by atoms with Crippen LogP contribution in [0.15, 0.2) is 30.3 Å². The largest absolute Gasteiger partial charge is 0.396 e. The van der Waals surface area contributed by atoms with Crippen molar-refractivity contribution in [1.29, 1.82) is 5.26 Å². The van der Waals surface area contributed by atoms with Gasteiger partial charge in [0.1, 0.15) is 21.5 Å². The second-order valence-corrected chi connectivity index (χ2v) is 5.38. The molecule has 0 radical (unpaired) electrons. The molecule has 108 valence electrons. The molecule has 0 saturated heterocycles. The van der Waals surface area contributed by atoms with Crippen molar-refractivity contribution in [3.63, 3.8) is 0 Å². The van der Waals surface area contributed by atoms with E-state index < -0.39 is 0 Å². The smallest absolute Gasteiger partial charge is 0.263 e. The van der Waals surface area contributed by atoms with Crippen LogP contribution >= 0.6 is 11.3 Å². The van der Waals surface area contributed by atoms with Gasteiger partial charge in [0.2, 0.25) is 0 Å². The number of hydrogen-bond donors (Lipinski definition) is 3. The van der Waals surface area contributed by atoms with Crippen LogP contribution in [0.2, 0.25) is 0 Å². The fourth-order valence-corrected chi connectivity index (χ4v) is 2.85. The van der Waals surface area contributed by atoms with Crippen molar-refractivity contribution < 1.29 is 4.79 Å². The first-order valence-electron chi connectivity index (χ1n) is 6.55. The molecule has 5 nitrogen and oxygen atoms in total. The molecule has 0 fully saturated rings. The van der Waals surface area contributed by atoms with Gasteiger partial charge < -0.3 is 16.4 Å². The highest BCUT2D eigenvalue weighted by Crippen LogP contribution is 2.35. The number of amides is 1. The molecule has 0 spiro atoms. The maximum atomic E-state index is 11.9. The second kappa shape index (κ2) is 6.77. The molecule has 0 atom stereocenters. The van der Waals surface area contributed by atoms with Crippen LogP contribution in [-0.4, -0.2) is 12.5 Å². The van der Waals surface area contributed by atoms with Gasteiger partial charge in [-0.3, -0.25) is 4.79 Å². The third-order valence-electron chi connectivity index (χ3n) is 2.90. The van der Waals surface area contributed by atoms with E-state index in [1.807, 2.05) is 37.3 Å². The molecule has 1 aromatic heterocycles. The lowest BCUT2D eigenvalue weighted by atomic mass is 10.2. The van der Waals surface area contributed by atoms with Crippen molar-refractivity contribution in [2.75, 3.05) is 17.6 Å². The molecule has 1 amide bonds. The number of nitriles is 1. The number of benzene rings is 1. The third kappa shape index (κ3) is 3.33. The molecule has 21 heavy (non-hydrogen) atoms. The highest BCUT2D eigenvalue weighted by atomic mass is 32.1.